The first-order chi connectivity index (χ1) is 11.5. The van der Waals surface area contributed by atoms with Gasteiger partial charge in [-0.3, -0.25) is 4.79 Å². The van der Waals surface area contributed by atoms with Gasteiger partial charge in [-0.2, -0.15) is 0 Å². The Kier molecular flexibility index (Phi) is 11.2. The zero-order chi connectivity index (χ0) is 17.8. The predicted octanol–water partition coefficient (Wildman–Crippen LogP) is 1.25. The first kappa shape index (κ1) is 21.4. The summed E-state index contributed by atoms with van der Waals surface area (Å²) in [6.07, 6.45) is 2.45. The summed E-state index contributed by atoms with van der Waals surface area (Å²) in [7, 11) is 0. The van der Waals surface area contributed by atoms with E-state index in [0.29, 0.717) is 38.4 Å². The fraction of sp³-hybridized carbons (Fsp3) is 0.944. The van der Waals surface area contributed by atoms with E-state index in [-0.39, 0.29) is 11.8 Å². The molecule has 0 atom stereocenters. The van der Waals surface area contributed by atoms with E-state index >= 15 is 0 Å². The third-order valence-electron chi connectivity index (χ3n) is 4.15. The smallest absolute Gasteiger partial charge is 0.222 e. The van der Waals surface area contributed by atoms with Gasteiger partial charge in [0.25, 0.3) is 0 Å². The second kappa shape index (κ2) is 12.6. The second-order valence-corrected chi connectivity index (χ2v) is 7.11. The number of nitrogens with one attached hydrogen (secondary N) is 2. The maximum Gasteiger partial charge on any atom is 0.222 e. The number of carbonyl (C=O) groups is 1. The van der Waals surface area contributed by atoms with Gasteiger partial charge in [-0.1, -0.05) is 27.7 Å². The number of hydrogen-bond donors (Lipinski definition) is 2. The van der Waals surface area contributed by atoms with Crippen molar-refractivity contribution in [2.24, 2.45) is 5.92 Å². The van der Waals surface area contributed by atoms with Crippen molar-refractivity contribution >= 4 is 5.91 Å². The Morgan fingerprint density at radius 3 is 2.25 bits per heavy atom. The quantitative estimate of drug-likeness (QED) is 0.522. The lowest BCUT2D eigenvalue weighted by molar-refractivity contribution is -0.124. The van der Waals surface area contributed by atoms with Crippen LogP contribution in [0.4, 0.5) is 0 Å². The normalized spacial score (nSPS) is 16.9. The summed E-state index contributed by atoms with van der Waals surface area (Å²) in [4.78, 5) is 13.8. The number of likely N-dealkylation sites (tertiary alicyclic amines) is 1. The lowest BCUT2D eigenvalue weighted by Crippen LogP contribution is -2.45. The molecule has 142 valence electrons. The Hall–Kier alpha value is -0.690. The molecule has 0 radical (unpaired) electrons. The highest BCUT2D eigenvalue weighted by atomic mass is 16.5. The van der Waals surface area contributed by atoms with Crippen LogP contribution in [-0.2, 0) is 14.3 Å². The molecular weight excluding hydrogens is 306 g/mol. The fourth-order valence-electron chi connectivity index (χ4n) is 2.76. The summed E-state index contributed by atoms with van der Waals surface area (Å²) in [5.41, 5.74) is 0. The molecule has 0 bridgehead atoms. The van der Waals surface area contributed by atoms with Crippen molar-refractivity contribution in [2.75, 3.05) is 52.6 Å². The molecule has 1 aliphatic heterocycles. The van der Waals surface area contributed by atoms with E-state index in [4.69, 9.17) is 9.47 Å². The summed E-state index contributed by atoms with van der Waals surface area (Å²) in [6, 6.07) is 1.25. The van der Waals surface area contributed by atoms with Crippen LogP contribution in [0.15, 0.2) is 0 Å². The van der Waals surface area contributed by atoms with E-state index in [1.165, 1.54) is 12.8 Å². The fourth-order valence-corrected chi connectivity index (χ4v) is 2.76. The molecule has 1 rings (SSSR count). The molecular formula is C18H37N3O3. The minimum atomic E-state index is 0.0274. The molecule has 0 spiro atoms. The number of rotatable bonds is 12. The molecule has 0 aliphatic carbocycles. The molecule has 0 aromatic carbocycles. The topological polar surface area (TPSA) is 62.8 Å². The van der Waals surface area contributed by atoms with E-state index in [0.717, 1.165) is 26.2 Å². The zero-order valence-electron chi connectivity index (χ0n) is 16.0. The lowest BCUT2D eigenvalue weighted by Gasteiger charge is -2.33. The van der Waals surface area contributed by atoms with Gasteiger partial charge in [0.15, 0.2) is 0 Å². The maximum atomic E-state index is 11.3. The molecule has 1 fully saturated rings. The molecule has 1 amide bonds. The van der Waals surface area contributed by atoms with Crippen LogP contribution in [0.3, 0.4) is 0 Å². The lowest BCUT2D eigenvalue weighted by atomic mass is 10.0. The molecule has 1 saturated heterocycles. The van der Waals surface area contributed by atoms with Crippen molar-refractivity contribution in [2.45, 2.75) is 52.6 Å². The van der Waals surface area contributed by atoms with Gasteiger partial charge >= 0.3 is 0 Å². The average Bonchev–Trinajstić information content (AvgIpc) is 2.54. The largest absolute Gasteiger partial charge is 0.378 e. The van der Waals surface area contributed by atoms with Crippen LogP contribution in [0.1, 0.15) is 40.5 Å². The number of ether oxygens (including phenoxy) is 2. The predicted molar refractivity (Wildman–Crippen MR) is 97.2 cm³/mol. The van der Waals surface area contributed by atoms with Crippen LogP contribution in [0, 0.1) is 5.92 Å². The maximum absolute atomic E-state index is 11.3. The van der Waals surface area contributed by atoms with Crippen LogP contribution in [0.5, 0.6) is 0 Å². The Morgan fingerprint density at radius 2 is 1.67 bits per heavy atom. The van der Waals surface area contributed by atoms with Crippen LogP contribution >= 0.6 is 0 Å². The molecule has 0 unspecified atom stereocenters. The highest BCUT2D eigenvalue weighted by molar-refractivity contribution is 5.77. The summed E-state index contributed by atoms with van der Waals surface area (Å²) in [5, 5.41) is 6.44. The van der Waals surface area contributed by atoms with Gasteiger partial charge in [-0.25, -0.2) is 0 Å². The Bertz CT molecular complexity index is 329. The molecule has 6 heteroatoms. The average molecular weight is 344 g/mol. The molecule has 0 aromatic rings. The Labute approximate surface area is 147 Å². The highest BCUT2D eigenvalue weighted by Gasteiger charge is 2.18. The monoisotopic (exact) mass is 343 g/mol. The SMILES string of the molecule is CC(C)NC1CCN(CCOCCOCCNC(=O)C(C)C)CC1. The van der Waals surface area contributed by atoms with Gasteiger partial charge in [-0.15, -0.1) is 0 Å². The molecule has 24 heavy (non-hydrogen) atoms. The minimum Gasteiger partial charge on any atom is -0.378 e. The van der Waals surface area contributed by atoms with Gasteiger partial charge in [0.2, 0.25) is 5.91 Å². The number of hydrogen-bond acceptors (Lipinski definition) is 5. The molecule has 0 aromatic heterocycles. The van der Waals surface area contributed by atoms with Crippen molar-refractivity contribution in [1.82, 2.24) is 15.5 Å². The van der Waals surface area contributed by atoms with Crippen LogP contribution < -0.4 is 10.6 Å². The van der Waals surface area contributed by atoms with Crippen molar-refractivity contribution in [1.29, 1.82) is 0 Å². The van der Waals surface area contributed by atoms with E-state index < -0.39 is 0 Å². The molecule has 0 saturated carbocycles. The first-order valence-corrected chi connectivity index (χ1v) is 9.40. The third kappa shape index (κ3) is 10.2. The first-order valence-electron chi connectivity index (χ1n) is 9.40. The Morgan fingerprint density at radius 1 is 1.04 bits per heavy atom. The van der Waals surface area contributed by atoms with Crippen molar-refractivity contribution in [3.8, 4) is 0 Å². The second-order valence-electron chi connectivity index (χ2n) is 7.11. The van der Waals surface area contributed by atoms with Crippen molar-refractivity contribution in [3.63, 3.8) is 0 Å². The van der Waals surface area contributed by atoms with Gasteiger partial charge in [0.1, 0.15) is 0 Å². The van der Waals surface area contributed by atoms with Gasteiger partial charge in [0.05, 0.1) is 26.4 Å². The van der Waals surface area contributed by atoms with E-state index in [1.54, 1.807) is 0 Å². The van der Waals surface area contributed by atoms with Crippen LogP contribution in [0.25, 0.3) is 0 Å². The zero-order valence-corrected chi connectivity index (χ0v) is 16.0. The molecule has 6 nitrogen and oxygen atoms in total. The highest BCUT2D eigenvalue weighted by Crippen LogP contribution is 2.10. The summed E-state index contributed by atoms with van der Waals surface area (Å²) in [6.45, 7) is 14.5. The number of nitrogens with zero attached hydrogens (tertiary/aromatic N) is 1. The van der Waals surface area contributed by atoms with Gasteiger partial charge < -0.3 is 25.0 Å². The van der Waals surface area contributed by atoms with E-state index in [2.05, 4.69) is 29.4 Å². The summed E-state index contributed by atoms with van der Waals surface area (Å²) in [5.74, 6) is 0.0989. The third-order valence-corrected chi connectivity index (χ3v) is 4.15. The van der Waals surface area contributed by atoms with Crippen molar-refractivity contribution in [3.05, 3.63) is 0 Å². The number of amides is 1. The molecule has 2 N–H and O–H groups in total. The summed E-state index contributed by atoms with van der Waals surface area (Å²) >= 11 is 0. The standard InChI is InChI=1S/C18H37N3O3/c1-15(2)18(22)19-7-11-23-13-14-24-12-10-21-8-5-17(6-9-21)20-16(3)4/h15-17,20H,5-14H2,1-4H3,(H,19,22). The van der Waals surface area contributed by atoms with Crippen molar-refractivity contribution < 1.29 is 14.3 Å². The van der Waals surface area contributed by atoms with E-state index in [9.17, 15) is 4.79 Å². The Balaban J connectivity index is 1.87. The summed E-state index contributed by atoms with van der Waals surface area (Å²) < 4.78 is 11.1. The molecule has 1 heterocycles. The number of piperidine rings is 1. The van der Waals surface area contributed by atoms with E-state index in [1.807, 2.05) is 13.8 Å². The van der Waals surface area contributed by atoms with Crippen LogP contribution in [0.2, 0.25) is 0 Å². The van der Waals surface area contributed by atoms with Crippen LogP contribution in [-0.4, -0.2) is 75.5 Å². The molecule has 1 aliphatic rings. The minimum absolute atomic E-state index is 0.0274. The number of carbonyl (C=O) groups excluding carboxylic acids is 1. The van der Waals surface area contributed by atoms with Gasteiger partial charge in [0, 0.05) is 31.1 Å². The van der Waals surface area contributed by atoms with Gasteiger partial charge in [-0.05, 0) is 25.9 Å².